The lowest BCUT2D eigenvalue weighted by Crippen LogP contribution is -2.21. The van der Waals surface area contributed by atoms with Crippen molar-refractivity contribution < 1.29 is 4.79 Å². The number of rotatable bonds is 4. The topological polar surface area (TPSA) is 42.0 Å². The van der Waals surface area contributed by atoms with Crippen LogP contribution in [0, 0.1) is 5.92 Å². The number of halogens is 1. The van der Waals surface area contributed by atoms with Crippen LogP contribution in [0.2, 0.25) is 0 Å². The first-order valence-corrected chi connectivity index (χ1v) is 5.88. The minimum atomic E-state index is 0.0694. The predicted molar refractivity (Wildman–Crippen MR) is 64.6 cm³/mol. The van der Waals surface area contributed by atoms with Crippen LogP contribution in [-0.4, -0.2) is 10.9 Å². The molecule has 0 atom stereocenters. The van der Waals surface area contributed by atoms with Crippen LogP contribution in [-0.2, 0) is 4.79 Å². The lowest BCUT2D eigenvalue weighted by atomic mass is 10.0. The van der Waals surface area contributed by atoms with Gasteiger partial charge in [-0.2, -0.15) is 0 Å². The van der Waals surface area contributed by atoms with E-state index in [-0.39, 0.29) is 11.8 Å². The summed E-state index contributed by atoms with van der Waals surface area (Å²) in [6.45, 7) is 4.04. The molecule has 0 aliphatic carbocycles. The van der Waals surface area contributed by atoms with Crippen LogP contribution in [0.3, 0.4) is 0 Å². The van der Waals surface area contributed by atoms with Crippen LogP contribution in [0.25, 0.3) is 0 Å². The van der Waals surface area contributed by atoms with Gasteiger partial charge < -0.3 is 5.32 Å². The van der Waals surface area contributed by atoms with Crippen molar-refractivity contribution in [2.45, 2.75) is 26.7 Å². The first-order valence-electron chi connectivity index (χ1n) is 5.08. The number of hydrogen-bond donors (Lipinski definition) is 1. The van der Waals surface area contributed by atoms with Crippen LogP contribution in [0.1, 0.15) is 26.7 Å². The van der Waals surface area contributed by atoms with Gasteiger partial charge in [0, 0.05) is 16.6 Å². The van der Waals surface area contributed by atoms with Crippen LogP contribution in [0.5, 0.6) is 0 Å². The summed E-state index contributed by atoms with van der Waals surface area (Å²) in [7, 11) is 0. The van der Waals surface area contributed by atoms with Crippen LogP contribution in [0.15, 0.2) is 22.9 Å². The molecule has 0 saturated heterocycles. The first kappa shape index (κ1) is 12.2. The Bertz CT molecular complexity index is 337. The third-order valence-corrected chi connectivity index (χ3v) is 2.76. The molecule has 15 heavy (non-hydrogen) atoms. The fraction of sp³-hybridized carbons (Fsp3) is 0.455. The van der Waals surface area contributed by atoms with Crippen molar-refractivity contribution in [3.8, 4) is 0 Å². The van der Waals surface area contributed by atoms with Gasteiger partial charge >= 0.3 is 0 Å². The van der Waals surface area contributed by atoms with E-state index >= 15 is 0 Å². The van der Waals surface area contributed by atoms with Crippen LogP contribution < -0.4 is 5.32 Å². The van der Waals surface area contributed by atoms with E-state index in [0.29, 0.717) is 0 Å². The Labute approximate surface area is 98.4 Å². The molecule has 0 bridgehead atoms. The summed E-state index contributed by atoms with van der Waals surface area (Å²) in [6.07, 6.45) is 5.06. The van der Waals surface area contributed by atoms with E-state index in [1.54, 1.807) is 12.4 Å². The second-order valence-electron chi connectivity index (χ2n) is 3.39. The highest BCUT2D eigenvalue weighted by atomic mass is 79.9. The second kappa shape index (κ2) is 5.85. The average Bonchev–Trinajstić information content (AvgIpc) is 2.19. The van der Waals surface area contributed by atoms with Gasteiger partial charge in [0.25, 0.3) is 0 Å². The Hall–Kier alpha value is -0.900. The van der Waals surface area contributed by atoms with Crippen LogP contribution >= 0.6 is 15.9 Å². The number of pyridine rings is 1. The molecular weight excluding hydrogens is 256 g/mol. The summed E-state index contributed by atoms with van der Waals surface area (Å²) in [5, 5.41) is 2.85. The van der Waals surface area contributed by atoms with Gasteiger partial charge in [-0.25, -0.2) is 0 Å². The normalized spacial score (nSPS) is 10.4. The number of hydrogen-bond acceptors (Lipinski definition) is 2. The summed E-state index contributed by atoms with van der Waals surface area (Å²) in [5.74, 6) is 0.156. The molecule has 1 heterocycles. The van der Waals surface area contributed by atoms with Crippen molar-refractivity contribution >= 4 is 27.5 Å². The molecule has 0 fully saturated rings. The molecule has 0 aliphatic rings. The van der Waals surface area contributed by atoms with E-state index < -0.39 is 0 Å². The number of carbonyl (C=O) groups is 1. The number of nitrogens with one attached hydrogen (secondary N) is 1. The number of aromatic nitrogens is 1. The number of amides is 1. The molecule has 0 unspecified atom stereocenters. The summed E-state index contributed by atoms with van der Waals surface area (Å²) in [4.78, 5) is 15.7. The van der Waals surface area contributed by atoms with Crippen molar-refractivity contribution in [3.63, 3.8) is 0 Å². The van der Waals surface area contributed by atoms with Crippen molar-refractivity contribution in [2.24, 2.45) is 5.92 Å². The Morgan fingerprint density at radius 1 is 1.47 bits per heavy atom. The van der Waals surface area contributed by atoms with Crippen molar-refractivity contribution in [1.82, 2.24) is 4.98 Å². The highest BCUT2D eigenvalue weighted by molar-refractivity contribution is 9.10. The molecule has 1 aromatic heterocycles. The van der Waals surface area contributed by atoms with Gasteiger partial charge in [-0.15, -0.1) is 0 Å². The van der Waals surface area contributed by atoms with Gasteiger partial charge in [-0.05, 0) is 34.8 Å². The van der Waals surface area contributed by atoms with E-state index in [4.69, 9.17) is 0 Å². The standard InChI is InChI=1S/C11H15BrN2O/c1-3-8(4-2)11(15)14-10-5-9(12)6-13-7-10/h5-8H,3-4H2,1-2H3,(H,14,15). The van der Waals surface area contributed by atoms with E-state index in [0.717, 1.165) is 23.0 Å². The third kappa shape index (κ3) is 3.63. The Balaban J connectivity index is 2.65. The molecular formula is C11H15BrN2O. The zero-order valence-electron chi connectivity index (χ0n) is 8.96. The number of nitrogens with zero attached hydrogens (tertiary/aromatic N) is 1. The van der Waals surface area contributed by atoms with E-state index in [1.165, 1.54) is 0 Å². The molecule has 1 rings (SSSR count). The Morgan fingerprint density at radius 3 is 2.67 bits per heavy atom. The van der Waals surface area contributed by atoms with E-state index in [1.807, 2.05) is 19.9 Å². The zero-order valence-corrected chi connectivity index (χ0v) is 10.5. The average molecular weight is 271 g/mol. The Morgan fingerprint density at radius 2 is 2.13 bits per heavy atom. The molecule has 0 aliphatic heterocycles. The Kier molecular flexibility index (Phi) is 4.75. The van der Waals surface area contributed by atoms with Gasteiger partial charge in [-0.1, -0.05) is 13.8 Å². The molecule has 0 saturated carbocycles. The molecule has 3 nitrogen and oxygen atoms in total. The lowest BCUT2D eigenvalue weighted by Gasteiger charge is -2.12. The monoisotopic (exact) mass is 270 g/mol. The molecule has 1 amide bonds. The highest BCUT2D eigenvalue weighted by Gasteiger charge is 2.13. The zero-order chi connectivity index (χ0) is 11.3. The minimum Gasteiger partial charge on any atom is -0.324 e. The van der Waals surface area contributed by atoms with Gasteiger partial charge in [0.05, 0.1) is 11.9 Å². The fourth-order valence-electron chi connectivity index (χ4n) is 1.38. The summed E-state index contributed by atoms with van der Waals surface area (Å²) in [6, 6.07) is 1.84. The van der Waals surface area contributed by atoms with Gasteiger partial charge in [0.2, 0.25) is 5.91 Å². The smallest absolute Gasteiger partial charge is 0.227 e. The summed E-state index contributed by atoms with van der Waals surface area (Å²) < 4.78 is 0.866. The molecule has 0 spiro atoms. The maximum absolute atomic E-state index is 11.7. The van der Waals surface area contributed by atoms with Crippen molar-refractivity contribution in [2.75, 3.05) is 5.32 Å². The molecule has 4 heteroatoms. The predicted octanol–water partition coefficient (Wildman–Crippen LogP) is 3.22. The highest BCUT2D eigenvalue weighted by Crippen LogP contribution is 2.16. The van der Waals surface area contributed by atoms with Gasteiger partial charge in [0.15, 0.2) is 0 Å². The summed E-state index contributed by atoms with van der Waals surface area (Å²) >= 11 is 3.31. The lowest BCUT2D eigenvalue weighted by molar-refractivity contribution is -0.120. The third-order valence-electron chi connectivity index (χ3n) is 2.33. The van der Waals surface area contributed by atoms with E-state index in [9.17, 15) is 4.79 Å². The molecule has 1 aromatic rings. The largest absolute Gasteiger partial charge is 0.324 e. The first-order chi connectivity index (χ1) is 7.17. The SMILES string of the molecule is CCC(CC)C(=O)Nc1cncc(Br)c1. The molecule has 82 valence electrons. The number of anilines is 1. The molecule has 1 N–H and O–H groups in total. The van der Waals surface area contributed by atoms with Crippen molar-refractivity contribution in [3.05, 3.63) is 22.9 Å². The van der Waals surface area contributed by atoms with Gasteiger partial charge in [0.1, 0.15) is 0 Å². The maximum Gasteiger partial charge on any atom is 0.227 e. The van der Waals surface area contributed by atoms with Crippen molar-refractivity contribution in [1.29, 1.82) is 0 Å². The fourth-order valence-corrected chi connectivity index (χ4v) is 1.75. The molecule has 0 aromatic carbocycles. The van der Waals surface area contributed by atoms with Gasteiger partial charge in [-0.3, -0.25) is 9.78 Å². The second-order valence-corrected chi connectivity index (χ2v) is 4.31. The number of carbonyl (C=O) groups excluding carboxylic acids is 1. The minimum absolute atomic E-state index is 0.0694. The van der Waals surface area contributed by atoms with Crippen LogP contribution in [0.4, 0.5) is 5.69 Å². The summed E-state index contributed by atoms with van der Waals surface area (Å²) in [5.41, 5.74) is 0.737. The van der Waals surface area contributed by atoms with E-state index in [2.05, 4.69) is 26.2 Å². The quantitative estimate of drug-likeness (QED) is 0.913. The maximum atomic E-state index is 11.7. The molecule has 0 radical (unpaired) electrons.